The van der Waals surface area contributed by atoms with Gasteiger partial charge in [0.1, 0.15) is 11.9 Å². The summed E-state index contributed by atoms with van der Waals surface area (Å²) < 4.78 is 7.62. The van der Waals surface area contributed by atoms with E-state index in [-0.39, 0.29) is 0 Å². The summed E-state index contributed by atoms with van der Waals surface area (Å²) in [6, 6.07) is 21.0. The molecule has 1 fully saturated rings. The maximum atomic E-state index is 10.0. The summed E-state index contributed by atoms with van der Waals surface area (Å²) in [6.07, 6.45) is 0.754. The first kappa shape index (κ1) is 20.5. The standard InChI is InChI=1S/C26H27N5O/c1-19-21(17-20-7-3-2-4-8-20)25(28-11-12-30-13-15-32-16-14-30)31-24-10-6-5-9-23(24)29-26(31)22(19)18-27/h2-10,28H,11-17H2,1H3. The fraction of sp³-hybridized carbons (Fsp3) is 0.308. The first-order valence-electron chi connectivity index (χ1n) is 11.2. The van der Waals surface area contributed by atoms with Gasteiger partial charge < -0.3 is 10.1 Å². The number of rotatable bonds is 6. The zero-order valence-corrected chi connectivity index (χ0v) is 18.3. The van der Waals surface area contributed by atoms with Gasteiger partial charge >= 0.3 is 0 Å². The quantitative estimate of drug-likeness (QED) is 0.506. The highest BCUT2D eigenvalue weighted by molar-refractivity contribution is 5.86. The van der Waals surface area contributed by atoms with E-state index < -0.39 is 0 Å². The van der Waals surface area contributed by atoms with Gasteiger partial charge in [0.2, 0.25) is 0 Å². The Morgan fingerprint density at radius 3 is 2.59 bits per heavy atom. The minimum atomic E-state index is 0.644. The van der Waals surface area contributed by atoms with Crippen LogP contribution < -0.4 is 5.32 Å². The average molecular weight is 426 g/mol. The Hall–Kier alpha value is -3.40. The number of imidazole rings is 1. The second-order valence-electron chi connectivity index (χ2n) is 8.24. The lowest BCUT2D eigenvalue weighted by molar-refractivity contribution is 0.0398. The highest BCUT2D eigenvalue weighted by atomic mass is 16.5. The first-order valence-corrected chi connectivity index (χ1v) is 11.2. The second-order valence-corrected chi connectivity index (χ2v) is 8.24. The summed E-state index contributed by atoms with van der Waals surface area (Å²) in [7, 11) is 0. The number of aromatic nitrogens is 2. The molecule has 1 N–H and O–H groups in total. The summed E-state index contributed by atoms with van der Waals surface area (Å²) in [5.74, 6) is 1.03. The Morgan fingerprint density at radius 2 is 1.81 bits per heavy atom. The van der Waals surface area contributed by atoms with Crippen LogP contribution in [0.15, 0.2) is 54.6 Å². The van der Waals surface area contributed by atoms with Crippen LogP contribution in [0.25, 0.3) is 16.7 Å². The van der Waals surface area contributed by atoms with Gasteiger partial charge in [-0.25, -0.2) is 4.98 Å². The van der Waals surface area contributed by atoms with E-state index in [4.69, 9.17) is 9.72 Å². The molecular weight excluding hydrogens is 398 g/mol. The monoisotopic (exact) mass is 425 g/mol. The number of morpholine rings is 1. The maximum absolute atomic E-state index is 10.0. The Bertz CT molecular complexity index is 1280. The van der Waals surface area contributed by atoms with Crippen LogP contribution in [0, 0.1) is 18.3 Å². The molecule has 0 spiro atoms. The number of benzene rings is 2. The van der Waals surface area contributed by atoms with Gasteiger partial charge in [-0.15, -0.1) is 0 Å². The van der Waals surface area contributed by atoms with E-state index in [1.54, 1.807) is 0 Å². The number of pyridine rings is 1. The topological polar surface area (TPSA) is 65.6 Å². The maximum Gasteiger partial charge on any atom is 0.157 e. The lowest BCUT2D eigenvalue weighted by atomic mass is 9.98. The molecule has 0 atom stereocenters. The van der Waals surface area contributed by atoms with Gasteiger partial charge in [-0.3, -0.25) is 9.30 Å². The molecule has 0 radical (unpaired) electrons. The molecule has 1 aliphatic heterocycles. The first-order chi connectivity index (χ1) is 15.8. The van der Waals surface area contributed by atoms with E-state index in [1.165, 1.54) is 5.56 Å². The fourth-order valence-electron chi connectivity index (χ4n) is 4.54. The van der Waals surface area contributed by atoms with Gasteiger partial charge in [0, 0.05) is 38.2 Å². The van der Waals surface area contributed by atoms with Crippen molar-refractivity contribution in [2.75, 3.05) is 44.7 Å². The summed E-state index contributed by atoms with van der Waals surface area (Å²) in [5.41, 5.74) is 6.64. The molecule has 1 aliphatic rings. The van der Waals surface area contributed by atoms with Crippen molar-refractivity contribution in [2.24, 2.45) is 0 Å². The van der Waals surface area contributed by atoms with Crippen LogP contribution >= 0.6 is 0 Å². The molecule has 2 aromatic heterocycles. The van der Waals surface area contributed by atoms with Crippen LogP contribution in [0.2, 0.25) is 0 Å². The number of anilines is 1. The normalized spacial score (nSPS) is 14.6. The van der Waals surface area contributed by atoms with Gasteiger partial charge in [-0.05, 0) is 30.2 Å². The Kier molecular flexibility index (Phi) is 5.76. The van der Waals surface area contributed by atoms with Crippen molar-refractivity contribution in [3.8, 4) is 6.07 Å². The van der Waals surface area contributed by atoms with E-state index in [0.29, 0.717) is 5.56 Å². The summed E-state index contributed by atoms with van der Waals surface area (Å²) in [4.78, 5) is 7.25. The van der Waals surface area contributed by atoms with E-state index in [0.717, 1.165) is 79.4 Å². The summed E-state index contributed by atoms with van der Waals surface area (Å²) in [5, 5.41) is 13.8. The molecule has 0 aliphatic carbocycles. The number of fused-ring (bicyclic) bond motifs is 3. The van der Waals surface area contributed by atoms with Gasteiger partial charge in [0.25, 0.3) is 0 Å². The largest absolute Gasteiger partial charge is 0.379 e. The molecule has 1 saturated heterocycles. The predicted octanol–water partition coefficient (Wildman–Crippen LogP) is 4.00. The number of hydrogen-bond donors (Lipinski definition) is 1. The zero-order valence-electron chi connectivity index (χ0n) is 18.3. The summed E-state index contributed by atoms with van der Waals surface area (Å²) in [6.45, 7) is 7.33. The third-order valence-corrected chi connectivity index (χ3v) is 6.28. The van der Waals surface area contributed by atoms with Crippen molar-refractivity contribution in [1.29, 1.82) is 5.26 Å². The van der Waals surface area contributed by atoms with Crippen molar-refractivity contribution in [3.05, 3.63) is 76.9 Å². The molecule has 0 amide bonds. The molecular formula is C26H27N5O. The van der Waals surface area contributed by atoms with Crippen molar-refractivity contribution in [2.45, 2.75) is 13.3 Å². The highest BCUT2D eigenvalue weighted by Gasteiger charge is 2.21. The minimum Gasteiger partial charge on any atom is -0.379 e. The molecule has 0 bridgehead atoms. The van der Waals surface area contributed by atoms with Gasteiger partial charge in [-0.1, -0.05) is 42.5 Å². The van der Waals surface area contributed by atoms with Gasteiger partial charge in [0.05, 0.1) is 29.8 Å². The lowest BCUT2D eigenvalue weighted by Crippen LogP contribution is -2.39. The summed E-state index contributed by atoms with van der Waals surface area (Å²) >= 11 is 0. The molecule has 5 rings (SSSR count). The minimum absolute atomic E-state index is 0.644. The van der Waals surface area contributed by atoms with Crippen LogP contribution in [0.5, 0.6) is 0 Å². The van der Waals surface area contributed by atoms with Gasteiger partial charge in [0.15, 0.2) is 5.65 Å². The molecule has 32 heavy (non-hydrogen) atoms. The van der Waals surface area contributed by atoms with Crippen molar-refractivity contribution < 1.29 is 4.74 Å². The van der Waals surface area contributed by atoms with Crippen molar-refractivity contribution >= 4 is 22.5 Å². The third-order valence-electron chi connectivity index (χ3n) is 6.28. The van der Waals surface area contributed by atoms with E-state index >= 15 is 0 Å². The molecule has 162 valence electrons. The van der Waals surface area contributed by atoms with Crippen molar-refractivity contribution in [1.82, 2.24) is 14.3 Å². The van der Waals surface area contributed by atoms with Crippen molar-refractivity contribution in [3.63, 3.8) is 0 Å². The molecule has 6 heteroatoms. The van der Waals surface area contributed by atoms with E-state index in [2.05, 4.69) is 51.0 Å². The van der Waals surface area contributed by atoms with E-state index in [9.17, 15) is 5.26 Å². The number of nitrogens with one attached hydrogen (secondary N) is 1. The van der Waals surface area contributed by atoms with Crippen LogP contribution in [0.1, 0.15) is 22.3 Å². The van der Waals surface area contributed by atoms with Crippen LogP contribution in [-0.2, 0) is 11.2 Å². The zero-order chi connectivity index (χ0) is 21.9. The highest BCUT2D eigenvalue weighted by Crippen LogP contribution is 2.32. The average Bonchev–Trinajstić information content (AvgIpc) is 3.21. The number of para-hydroxylation sites is 2. The van der Waals surface area contributed by atoms with Gasteiger partial charge in [-0.2, -0.15) is 5.26 Å². The molecule has 6 nitrogen and oxygen atoms in total. The smallest absolute Gasteiger partial charge is 0.157 e. The fourth-order valence-corrected chi connectivity index (χ4v) is 4.54. The molecule has 0 unspecified atom stereocenters. The number of nitriles is 1. The molecule has 2 aromatic carbocycles. The molecule has 0 saturated carbocycles. The number of ether oxygens (including phenoxy) is 1. The number of nitrogens with zero attached hydrogens (tertiary/aromatic N) is 4. The SMILES string of the molecule is Cc1c(Cc2ccccc2)c(NCCN2CCOCC2)n2c(nc3ccccc32)c1C#N. The van der Waals surface area contributed by atoms with Crippen LogP contribution in [0.3, 0.4) is 0 Å². The second kappa shape index (κ2) is 8.99. The predicted molar refractivity (Wildman–Crippen MR) is 127 cm³/mol. The third kappa shape index (κ3) is 3.81. The number of hydrogen-bond acceptors (Lipinski definition) is 5. The Morgan fingerprint density at radius 1 is 1.06 bits per heavy atom. The van der Waals surface area contributed by atoms with E-state index in [1.807, 2.05) is 31.2 Å². The Balaban J connectivity index is 1.63. The molecule has 3 heterocycles. The Labute approximate surface area is 188 Å². The van der Waals surface area contributed by atoms with Crippen LogP contribution in [-0.4, -0.2) is 53.7 Å². The lowest BCUT2D eigenvalue weighted by Gasteiger charge is -2.27. The molecule has 4 aromatic rings. The van der Waals surface area contributed by atoms with Crippen LogP contribution in [0.4, 0.5) is 5.82 Å².